The van der Waals surface area contributed by atoms with Crippen LogP contribution in [0.3, 0.4) is 0 Å². The van der Waals surface area contributed by atoms with E-state index in [4.69, 9.17) is 5.73 Å². The van der Waals surface area contributed by atoms with Crippen LogP contribution in [0.1, 0.15) is 19.4 Å². The summed E-state index contributed by atoms with van der Waals surface area (Å²) in [5, 5.41) is 3.07. The van der Waals surface area contributed by atoms with E-state index >= 15 is 0 Å². The Hall–Kier alpha value is -1.55. The monoisotopic (exact) mass is 247 g/mol. The van der Waals surface area contributed by atoms with Gasteiger partial charge in [0.25, 0.3) is 0 Å². The molecule has 0 aliphatic heterocycles. The molecule has 3 nitrogen and oxygen atoms in total. The Balaban J connectivity index is 2.16. The fourth-order valence-electron chi connectivity index (χ4n) is 1.65. The van der Waals surface area contributed by atoms with E-state index in [1.54, 1.807) is 11.3 Å². The lowest BCUT2D eigenvalue weighted by atomic mass is 10.2. The molecule has 0 bridgehead atoms. The molecule has 0 spiro atoms. The predicted molar refractivity (Wildman–Crippen MR) is 74.3 cm³/mol. The first-order valence-electron chi connectivity index (χ1n) is 5.67. The van der Waals surface area contributed by atoms with Gasteiger partial charge in [0.2, 0.25) is 0 Å². The zero-order chi connectivity index (χ0) is 12.3. The summed E-state index contributed by atoms with van der Waals surface area (Å²) >= 11 is 1.67. The summed E-state index contributed by atoms with van der Waals surface area (Å²) < 4.78 is 0. The average Bonchev–Trinajstić information content (AvgIpc) is 2.81. The number of thiazole rings is 1. The summed E-state index contributed by atoms with van der Waals surface area (Å²) in [6, 6.07) is 8.45. The Morgan fingerprint density at radius 1 is 1.29 bits per heavy atom. The largest absolute Gasteiger partial charge is 0.399 e. The highest BCUT2D eigenvalue weighted by molar-refractivity contribution is 7.13. The van der Waals surface area contributed by atoms with Crippen molar-refractivity contribution >= 4 is 22.2 Å². The molecule has 0 aliphatic rings. The topological polar surface area (TPSA) is 42.1 Å². The smallest absolute Gasteiger partial charge is 0.185 e. The Morgan fingerprint density at radius 3 is 2.53 bits per heavy atom. The molecule has 0 saturated carbocycles. The van der Waals surface area contributed by atoms with Crippen molar-refractivity contribution in [1.29, 1.82) is 0 Å². The van der Waals surface area contributed by atoms with Crippen LogP contribution in [0.15, 0.2) is 35.8 Å². The van der Waals surface area contributed by atoms with Crippen LogP contribution in [-0.2, 0) is 6.54 Å². The minimum Gasteiger partial charge on any atom is -0.399 e. The molecule has 0 saturated heterocycles. The van der Waals surface area contributed by atoms with Crippen molar-refractivity contribution in [3.05, 3.63) is 41.4 Å². The van der Waals surface area contributed by atoms with Crippen molar-refractivity contribution in [1.82, 2.24) is 4.98 Å². The molecule has 2 rings (SSSR count). The van der Waals surface area contributed by atoms with E-state index in [1.807, 2.05) is 23.7 Å². The van der Waals surface area contributed by atoms with Gasteiger partial charge in [-0.05, 0) is 31.5 Å². The number of benzene rings is 1. The second-order valence-corrected chi connectivity index (χ2v) is 5.15. The Bertz CT molecular complexity index is 448. The zero-order valence-electron chi connectivity index (χ0n) is 10.1. The lowest BCUT2D eigenvalue weighted by Gasteiger charge is -2.26. The van der Waals surface area contributed by atoms with E-state index in [2.05, 4.69) is 35.9 Å². The van der Waals surface area contributed by atoms with Crippen molar-refractivity contribution in [3.8, 4) is 0 Å². The summed E-state index contributed by atoms with van der Waals surface area (Å²) in [7, 11) is 0. The highest BCUT2D eigenvalue weighted by atomic mass is 32.1. The number of nitrogen functional groups attached to an aromatic ring is 1. The Morgan fingerprint density at radius 2 is 2.00 bits per heavy atom. The minimum absolute atomic E-state index is 0.429. The van der Waals surface area contributed by atoms with Crippen LogP contribution in [0.2, 0.25) is 0 Å². The van der Waals surface area contributed by atoms with Crippen LogP contribution in [0.25, 0.3) is 0 Å². The summed E-state index contributed by atoms with van der Waals surface area (Å²) in [5.41, 5.74) is 7.75. The Kier molecular flexibility index (Phi) is 3.64. The minimum atomic E-state index is 0.429. The third-order valence-electron chi connectivity index (χ3n) is 2.62. The zero-order valence-corrected chi connectivity index (χ0v) is 10.9. The van der Waals surface area contributed by atoms with Crippen LogP contribution in [0, 0.1) is 0 Å². The molecule has 2 aromatic rings. The molecule has 1 aromatic heterocycles. The van der Waals surface area contributed by atoms with Gasteiger partial charge in [0, 0.05) is 29.9 Å². The standard InChI is InChI=1S/C13H17N3S/c1-10(2)16(13-15-7-8-17-13)9-11-3-5-12(14)6-4-11/h3-8,10H,9,14H2,1-2H3. The van der Waals surface area contributed by atoms with E-state index in [1.165, 1.54) is 5.56 Å². The van der Waals surface area contributed by atoms with Crippen molar-refractivity contribution in [2.45, 2.75) is 26.4 Å². The summed E-state index contributed by atoms with van der Waals surface area (Å²) in [6.07, 6.45) is 1.85. The van der Waals surface area contributed by atoms with Crippen molar-refractivity contribution in [2.24, 2.45) is 0 Å². The van der Waals surface area contributed by atoms with Gasteiger partial charge in [-0.2, -0.15) is 0 Å². The van der Waals surface area contributed by atoms with Crippen molar-refractivity contribution < 1.29 is 0 Å². The van der Waals surface area contributed by atoms with Crippen LogP contribution in [0.4, 0.5) is 10.8 Å². The molecule has 0 aliphatic carbocycles. The van der Waals surface area contributed by atoms with Gasteiger partial charge in [0.1, 0.15) is 0 Å². The molecule has 1 aromatic carbocycles. The summed E-state index contributed by atoms with van der Waals surface area (Å²) in [5.74, 6) is 0. The molecular weight excluding hydrogens is 230 g/mol. The number of hydrogen-bond acceptors (Lipinski definition) is 4. The molecule has 17 heavy (non-hydrogen) atoms. The quantitative estimate of drug-likeness (QED) is 0.844. The number of hydrogen-bond donors (Lipinski definition) is 1. The maximum Gasteiger partial charge on any atom is 0.185 e. The predicted octanol–water partition coefficient (Wildman–Crippen LogP) is 3.14. The third-order valence-corrected chi connectivity index (χ3v) is 3.43. The van der Waals surface area contributed by atoms with Gasteiger partial charge < -0.3 is 10.6 Å². The highest BCUT2D eigenvalue weighted by Crippen LogP contribution is 2.22. The van der Waals surface area contributed by atoms with E-state index in [9.17, 15) is 0 Å². The maximum absolute atomic E-state index is 5.69. The number of nitrogens with two attached hydrogens (primary N) is 1. The number of aromatic nitrogens is 1. The van der Waals surface area contributed by atoms with Gasteiger partial charge in [-0.15, -0.1) is 11.3 Å². The number of nitrogens with zero attached hydrogens (tertiary/aromatic N) is 2. The Labute approximate surface area is 106 Å². The van der Waals surface area contributed by atoms with Gasteiger partial charge in [-0.3, -0.25) is 0 Å². The van der Waals surface area contributed by atoms with Crippen LogP contribution in [0.5, 0.6) is 0 Å². The fraction of sp³-hybridized carbons (Fsp3) is 0.308. The molecule has 2 N–H and O–H groups in total. The number of anilines is 2. The van der Waals surface area contributed by atoms with Crippen molar-refractivity contribution in [3.63, 3.8) is 0 Å². The molecule has 0 fully saturated rings. The fourth-order valence-corrected chi connectivity index (χ4v) is 2.42. The lowest BCUT2D eigenvalue weighted by molar-refractivity contribution is 0.680. The molecular formula is C13H17N3S. The van der Waals surface area contributed by atoms with E-state index in [0.29, 0.717) is 6.04 Å². The maximum atomic E-state index is 5.69. The molecule has 0 radical (unpaired) electrons. The first-order chi connectivity index (χ1) is 8.16. The third kappa shape index (κ3) is 2.97. The molecule has 4 heteroatoms. The first kappa shape index (κ1) is 11.9. The van der Waals surface area contributed by atoms with Gasteiger partial charge >= 0.3 is 0 Å². The molecule has 0 atom stereocenters. The van der Waals surface area contributed by atoms with E-state index in [0.717, 1.165) is 17.4 Å². The lowest BCUT2D eigenvalue weighted by Crippen LogP contribution is -2.29. The van der Waals surface area contributed by atoms with Gasteiger partial charge in [-0.25, -0.2) is 4.98 Å². The molecule has 0 unspecified atom stereocenters. The highest BCUT2D eigenvalue weighted by Gasteiger charge is 2.13. The van der Waals surface area contributed by atoms with E-state index < -0.39 is 0 Å². The second-order valence-electron chi connectivity index (χ2n) is 4.28. The molecule has 0 amide bonds. The van der Waals surface area contributed by atoms with Gasteiger partial charge in [0.15, 0.2) is 5.13 Å². The number of rotatable bonds is 4. The first-order valence-corrected chi connectivity index (χ1v) is 6.55. The summed E-state index contributed by atoms with van der Waals surface area (Å²) in [4.78, 5) is 6.66. The van der Waals surface area contributed by atoms with Crippen LogP contribution < -0.4 is 10.6 Å². The van der Waals surface area contributed by atoms with Crippen LogP contribution in [-0.4, -0.2) is 11.0 Å². The van der Waals surface area contributed by atoms with Crippen molar-refractivity contribution in [2.75, 3.05) is 10.6 Å². The van der Waals surface area contributed by atoms with Crippen LogP contribution >= 0.6 is 11.3 Å². The molecule has 90 valence electrons. The van der Waals surface area contributed by atoms with E-state index in [-0.39, 0.29) is 0 Å². The average molecular weight is 247 g/mol. The van der Waals surface area contributed by atoms with Gasteiger partial charge in [-0.1, -0.05) is 12.1 Å². The summed E-state index contributed by atoms with van der Waals surface area (Å²) in [6.45, 7) is 5.23. The SMILES string of the molecule is CC(C)N(Cc1ccc(N)cc1)c1nccs1. The normalized spacial score (nSPS) is 10.8. The van der Waals surface area contributed by atoms with Gasteiger partial charge in [0.05, 0.1) is 0 Å². The second kappa shape index (κ2) is 5.19. The molecule has 1 heterocycles.